The number of H-pyrrole nitrogens is 1. The number of rotatable bonds is 5. The fourth-order valence-electron chi connectivity index (χ4n) is 3.61. The minimum atomic E-state index is 0.673. The van der Waals surface area contributed by atoms with Crippen LogP contribution in [0, 0.1) is 0 Å². The van der Waals surface area contributed by atoms with Gasteiger partial charge in [0.1, 0.15) is 11.6 Å². The molecular weight excluding hydrogens is 372 g/mol. The Morgan fingerprint density at radius 2 is 1.80 bits per heavy atom. The maximum absolute atomic E-state index is 5.35. The topological polar surface area (TPSA) is 63.7 Å². The molecule has 0 aliphatic heterocycles. The van der Waals surface area contributed by atoms with Crippen molar-refractivity contribution in [3.63, 3.8) is 0 Å². The molecule has 0 saturated carbocycles. The van der Waals surface area contributed by atoms with E-state index in [-0.39, 0.29) is 0 Å². The Hall–Kier alpha value is -3.99. The van der Waals surface area contributed by atoms with Crippen LogP contribution < -0.4 is 4.74 Å². The molecule has 0 bridgehead atoms. The average molecular weight is 392 g/mol. The van der Waals surface area contributed by atoms with Crippen molar-refractivity contribution in [1.82, 2.24) is 19.9 Å². The third-order valence-electron chi connectivity index (χ3n) is 5.06. The van der Waals surface area contributed by atoms with Crippen molar-refractivity contribution >= 4 is 10.9 Å². The van der Waals surface area contributed by atoms with Crippen molar-refractivity contribution in [2.75, 3.05) is 7.11 Å². The summed E-state index contributed by atoms with van der Waals surface area (Å²) in [6.07, 6.45) is 4.28. The first-order chi connectivity index (χ1) is 14.8. The molecule has 5 nitrogen and oxygen atoms in total. The molecule has 2 aromatic carbocycles. The molecule has 0 spiro atoms. The van der Waals surface area contributed by atoms with Crippen molar-refractivity contribution in [1.29, 1.82) is 0 Å². The van der Waals surface area contributed by atoms with Gasteiger partial charge >= 0.3 is 0 Å². The standard InChI is InChI=1S/C25H20N4O/c1-30-20-8-4-6-17(14-20)15-23-28-24(25(29-23)22-9-2-3-12-27-22)19-10-11-21-18(16-19)7-5-13-26-21/h2-14,16H,15H2,1H3,(H,28,29). The Morgan fingerprint density at radius 3 is 2.67 bits per heavy atom. The van der Waals surface area contributed by atoms with E-state index in [1.807, 2.05) is 54.7 Å². The fraction of sp³-hybridized carbons (Fsp3) is 0.0800. The van der Waals surface area contributed by atoms with Gasteiger partial charge in [0, 0.05) is 29.8 Å². The van der Waals surface area contributed by atoms with Crippen LogP contribution in [0.3, 0.4) is 0 Å². The number of hydrogen-bond acceptors (Lipinski definition) is 4. The number of pyridine rings is 2. The number of benzene rings is 2. The number of aromatic nitrogens is 4. The Labute approximate surface area is 174 Å². The molecule has 0 radical (unpaired) electrons. The minimum absolute atomic E-state index is 0.673. The number of hydrogen-bond donors (Lipinski definition) is 1. The normalized spacial score (nSPS) is 11.0. The third-order valence-corrected chi connectivity index (χ3v) is 5.06. The molecule has 30 heavy (non-hydrogen) atoms. The van der Waals surface area contributed by atoms with Gasteiger partial charge in [-0.25, -0.2) is 4.98 Å². The molecule has 1 N–H and O–H groups in total. The van der Waals surface area contributed by atoms with E-state index in [1.54, 1.807) is 13.3 Å². The molecule has 0 aliphatic carbocycles. The van der Waals surface area contributed by atoms with Gasteiger partial charge in [0.2, 0.25) is 0 Å². The van der Waals surface area contributed by atoms with Crippen LogP contribution in [0.4, 0.5) is 0 Å². The summed E-state index contributed by atoms with van der Waals surface area (Å²) < 4.78 is 5.35. The Balaban J connectivity index is 1.61. The van der Waals surface area contributed by atoms with E-state index in [0.29, 0.717) is 6.42 Å². The zero-order chi connectivity index (χ0) is 20.3. The van der Waals surface area contributed by atoms with Crippen LogP contribution in [0.15, 0.2) is 85.2 Å². The zero-order valence-corrected chi connectivity index (χ0v) is 16.5. The second-order valence-corrected chi connectivity index (χ2v) is 7.06. The van der Waals surface area contributed by atoms with E-state index in [2.05, 4.69) is 39.2 Å². The van der Waals surface area contributed by atoms with Crippen LogP contribution in [0.5, 0.6) is 5.75 Å². The van der Waals surface area contributed by atoms with Gasteiger partial charge in [-0.05, 0) is 48.0 Å². The van der Waals surface area contributed by atoms with Crippen molar-refractivity contribution in [2.24, 2.45) is 0 Å². The first-order valence-corrected chi connectivity index (χ1v) is 9.78. The highest BCUT2D eigenvalue weighted by Crippen LogP contribution is 2.31. The van der Waals surface area contributed by atoms with Gasteiger partial charge < -0.3 is 9.72 Å². The van der Waals surface area contributed by atoms with Crippen LogP contribution in [0.25, 0.3) is 33.5 Å². The summed E-state index contributed by atoms with van der Waals surface area (Å²) in [6.45, 7) is 0. The van der Waals surface area contributed by atoms with Gasteiger partial charge in [-0.1, -0.05) is 30.3 Å². The molecule has 146 valence electrons. The predicted molar refractivity (Wildman–Crippen MR) is 118 cm³/mol. The van der Waals surface area contributed by atoms with Gasteiger partial charge in [-0.15, -0.1) is 0 Å². The number of nitrogens with one attached hydrogen (secondary N) is 1. The Bertz CT molecular complexity index is 1310. The van der Waals surface area contributed by atoms with Crippen LogP contribution in [-0.2, 0) is 6.42 Å². The van der Waals surface area contributed by atoms with E-state index < -0.39 is 0 Å². The molecule has 0 aliphatic rings. The van der Waals surface area contributed by atoms with Crippen LogP contribution >= 0.6 is 0 Å². The highest BCUT2D eigenvalue weighted by atomic mass is 16.5. The average Bonchev–Trinajstić information content (AvgIpc) is 3.23. The minimum Gasteiger partial charge on any atom is -0.497 e. The van der Waals surface area contributed by atoms with Gasteiger partial charge in [0.15, 0.2) is 0 Å². The molecule has 0 atom stereocenters. The fourth-order valence-corrected chi connectivity index (χ4v) is 3.61. The molecule has 0 fully saturated rings. The Kier molecular flexibility index (Phi) is 4.69. The number of ether oxygens (including phenoxy) is 1. The van der Waals surface area contributed by atoms with Gasteiger partial charge in [0.05, 0.1) is 29.7 Å². The largest absolute Gasteiger partial charge is 0.497 e. The van der Waals surface area contributed by atoms with Crippen molar-refractivity contribution in [3.05, 3.63) is 96.6 Å². The smallest absolute Gasteiger partial charge is 0.119 e. The highest BCUT2D eigenvalue weighted by Gasteiger charge is 2.16. The molecular formula is C25H20N4O. The molecule has 5 rings (SSSR count). The van der Waals surface area contributed by atoms with E-state index in [9.17, 15) is 0 Å². The second-order valence-electron chi connectivity index (χ2n) is 7.06. The first-order valence-electron chi connectivity index (χ1n) is 9.78. The first kappa shape index (κ1) is 18.1. The van der Waals surface area contributed by atoms with E-state index in [1.165, 1.54) is 0 Å². The zero-order valence-electron chi connectivity index (χ0n) is 16.5. The Morgan fingerprint density at radius 1 is 0.867 bits per heavy atom. The number of fused-ring (bicyclic) bond motifs is 1. The van der Waals surface area contributed by atoms with Crippen molar-refractivity contribution in [3.8, 4) is 28.4 Å². The molecule has 3 heterocycles. The summed E-state index contributed by atoms with van der Waals surface area (Å²) in [4.78, 5) is 17.4. The number of methoxy groups -OCH3 is 1. The molecule has 3 aromatic heterocycles. The molecule has 0 saturated heterocycles. The lowest BCUT2D eigenvalue weighted by Gasteiger charge is -2.04. The summed E-state index contributed by atoms with van der Waals surface area (Å²) in [5, 5.41) is 1.08. The van der Waals surface area contributed by atoms with Crippen LogP contribution in [-0.4, -0.2) is 27.0 Å². The van der Waals surface area contributed by atoms with E-state index in [0.717, 1.165) is 50.7 Å². The number of imidazole rings is 1. The van der Waals surface area contributed by atoms with Gasteiger partial charge in [-0.3, -0.25) is 9.97 Å². The summed E-state index contributed by atoms with van der Waals surface area (Å²) in [5.74, 6) is 1.72. The maximum Gasteiger partial charge on any atom is 0.119 e. The van der Waals surface area contributed by atoms with Crippen LogP contribution in [0.2, 0.25) is 0 Å². The lowest BCUT2D eigenvalue weighted by molar-refractivity contribution is 0.414. The second kappa shape index (κ2) is 7.79. The summed E-state index contributed by atoms with van der Waals surface area (Å²) in [5.41, 5.74) is 5.79. The summed E-state index contributed by atoms with van der Waals surface area (Å²) >= 11 is 0. The SMILES string of the molecule is COc1cccc(Cc2nc(-c3ccc4ncccc4c3)c(-c3ccccn3)[nH]2)c1. The third kappa shape index (κ3) is 3.53. The van der Waals surface area contributed by atoms with E-state index >= 15 is 0 Å². The number of nitrogens with zero attached hydrogens (tertiary/aromatic N) is 3. The van der Waals surface area contributed by atoms with Crippen LogP contribution in [0.1, 0.15) is 11.4 Å². The lowest BCUT2D eigenvalue weighted by Crippen LogP contribution is -1.92. The van der Waals surface area contributed by atoms with Gasteiger partial charge in [0.25, 0.3) is 0 Å². The predicted octanol–water partition coefficient (Wildman–Crippen LogP) is 5.29. The van der Waals surface area contributed by atoms with Crippen molar-refractivity contribution in [2.45, 2.75) is 6.42 Å². The quantitative estimate of drug-likeness (QED) is 0.442. The molecule has 5 heteroatoms. The molecule has 5 aromatic rings. The molecule has 0 amide bonds. The maximum atomic E-state index is 5.35. The number of aromatic amines is 1. The van der Waals surface area contributed by atoms with E-state index in [4.69, 9.17) is 9.72 Å². The highest BCUT2D eigenvalue weighted by molar-refractivity contribution is 5.86. The monoisotopic (exact) mass is 392 g/mol. The lowest BCUT2D eigenvalue weighted by atomic mass is 10.1. The summed E-state index contributed by atoms with van der Waals surface area (Å²) in [7, 11) is 1.68. The summed E-state index contributed by atoms with van der Waals surface area (Å²) in [6, 6.07) is 24.2. The van der Waals surface area contributed by atoms with Gasteiger partial charge in [-0.2, -0.15) is 0 Å². The molecule has 0 unspecified atom stereocenters. The van der Waals surface area contributed by atoms with Crippen molar-refractivity contribution < 1.29 is 4.74 Å².